The minimum atomic E-state index is 0.382. The molecule has 0 saturated carbocycles. The molecule has 0 fully saturated rings. The lowest BCUT2D eigenvalue weighted by Crippen LogP contribution is -2.30. The van der Waals surface area contributed by atoms with E-state index in [9.17, 15) is 0 Å². The van der Waals surface area contributed by atoms with Crippen LogP contribution in [0.3, 0.4) is 0 Å². The Morgan fingerprint density at radius 1 is 1.29 bits per heavy atom. The second-order valence-corrected chi connectivity index (χ2v) is 3.22. The monoisotopic (exact) mass is 195 g/mol. The van der Waals surface area contributed by atoms with E-state index in [2.05, 4.69) is 29.3 Å². The normalized spacial score (nSPS) is 12.7. The lowest BCUT2D eigenvalue weighted by molar-refractivity contribution is -0.277. The molecule has 0 radical (unpaired) electrons. The van der Waals surface area contributed by atoms with Gasteiger partial charge in [0, 0.05) is 6.04 Å². The zero-order valence-electron chi connectivity index (χ0n) is 8.69. The van der Waals surface area contributed by atoms with Crippen LogP contribution >= 0.6 is 0 Å². The Balaban J connectivity index is 2.23. The van der Waals surface area contributed by atoms with Gasteiger partial charge in [0.2, 0.25) is 0 Å². The van der Waals surface area contributed by atoms with E-state index in [1.165, 1.54) is 12.7 Å². The molecule has 78 valence electrons. The number of hydrogen-bond donors (Lipinski definition) is 1. The van der Waals surface area contributed by atoms with Gasteiger partial charge in [-0.1, -0.05) is 30.3 Å². The summed E-state index contributed by atoms with van der Waals surface area (Å²) in [5.74, 6) is 0. The minimum Gasteiger partial charge on any atom is -0.289 e. The maximum absolute atomic E-state index is 4.73. The zero-order valence-corrected chi connectivity index (χ0v) is 8.69. The van der Waals surface area contributed by atoms with Crippen molar-refractivity contribution in [1.82, 2.24) is 5.32 Å². The van der Waals surface area contributed by atoms with Crippen molar-refractivity contribution < 1.29 is 9.78 Å². The molecule has 1 rings (SSSR count). The van der Waals surface area contributed by atoms with Gasteiger partial charge < -0.3 is 0 Å². The van der Waals surface area contributed by atoms with Crippen molar-refractivity contribution >= 4 is 0 Å². The van der Waals surface area contributed by atoms with Crippen LogP contribution in [0.25, 0.3) is 0 Å². The van der Waals surface area contributed by atoms with Gasteiger partial charge in [-0.2, -0.15) is 0 Å². The van der Waals surface area contributed by atoms with Gasteiger partial charge in [0.05, 0.1) is 7.11 Å². The number of rotatable bonds is 6. The van der Waals surface area contributed by atoms with E-state index < -0.39 is 0 Å². The molecule has 0 bridgehead atoms. The van der Waals surface area contributed by atoms with Crippen LogP contribution < -0.4 is 5.32 Å². The summed E-state index contributed by atoms with van der Waals surface area (Å²) in [6.07, 6.45) is 0.994. The molecule has 0 aromatic heterocycles. The Kier molecular flexibility index (Phi) is 5.22. The molecule has 14 heavy (non-hydrogen) atoms. The maximum Gasteiger partial charge on any atom is 0.133 e. The topological polar surface area (TPSA) is 30.5 Å². The molecule has 0 aliphatic rings. The van der Waals surface area contributed by atoms with Gasteiger partial charge in [-0.3, -0.25) is 5.32 Å². The Bertz CT molecular complexity index is 238. The Hall–Kier alpha value is -0.900. The summed E-state index contributed by atoms with van der Waals surface area (Å²) < 4.78 is 0. The molecule has 0 amide bonds. The Morgan fingerprint density at radius 2 is 2.00 bits per heavy atom. The third kappa shape index (κ3) is 4.37. The van der Waals surface area contributed by atoms with E-state index in [0.717, 1.165) is 6.42 Å². The van der Waals surface area contributed by atoms with Gasteiger partial charge in [0.1, 0.15) is 6.73 Å². The summed E-state index contributed by atoms with van der Waals surface area (Å²) in [5, 5.41) is 3.18. The Labute approximate surface area is 85.0 Å². The largest absolute Gasteiger partial charge is 0.289 e. The summed E-state index contributed by atoms with van der Waals surface area (Å²) in [6, 6.07) is 10.7. The molecule has 1 unspecified atom stereocenters. The van der Waals surface area contributed by atoms with Crippen LogP contribution in [0, 0.1) is 0 Å². The fourth-order valence-corrected chi connectivity index (χ4v) is 1.28. The highest BCUT2D eigenvalue weighted by atomic mass is 17.2. The van der Waals surface area contributed by atoms with Gasteiger partial charge in [-0.05, 0) is 18.9 Å². The number of hydrogen-bond acceptors (Lipinski definition) is 3. The van der Waals surface area contributed by atoms with E-state index in [1.54, 1.807) is 0 Å². The summed E-state index contributed by atoms with van der Waals surface area (Å²) in [5.41, 5.74) is 1.32. The summed E-state index contributed by atoms with van der Waals surface area (Å²) >= 11 is 0. The molecule has 1 aromatic carbocycles. The molecular formula is C11H17NO2. The highest BCUT2D eigenvalue weighted by Crippen LogP contribution is 2.02. The highest BCUT2D eigenvalue weighted by molar-refractivity contribution is 5.15. The third-order valence-corrected chi connectivity index (χ3v) is 1.99. The highest BCUT2D eigenvalue weighted by Gasteiger charge is 2.01. The molecule has 0 aliphatic carbocycles. The van der Waals surface area contributed by atoms with Crippen molar-refractivity contribution in [3.8, 4) is 0 Å². The standard InChI is InChI=1S/C11H17NO2/c1-10(12-9-14-13-2)8-11-6-4-3-5-7-11/h3-7,10,12H,8-9H2,1-2H3. The van der Waals surface area contributed by atoms with Gasteiger partial charge in [0.15, 0.2) is 0 Å². The molecule has 0 aliphatic heterocycles. The van der Waals surface area contributed by atoms with E-state index in [1.807, 2.05) is 18.2 Å². The predicted octanol–water partition coefficient (Wildman–Crippen LogP) is 1.74. The average Bonchev–Trinajstić information content (AvgIpc) is 2.20. The molecule has 0 heterocycles. The maximum atomic E-state index is 4.73. The van der Waals surface area contributed by atoms with E-state index in [4.69, 9.17) is 4.89 Å². The van der Waals surface area contributed by atoms with Gasteiger partial charge in [-0.25, -0.2) is 9.78 Å². The molecule has 3 heteroatoms. The van der Waals surface area contributed by atoms with Crippen molar-refractivity contribution in [2.45, 2.75) is 19.4 Å². The summed E-state index contributed by atoms with van der Waals surface area (Å²) in [6.45, 7) is 2.54. The summed E-state index contributed by atoms with van der Waals surface area (Å²) in [7, 11) is 1.50. The van der Waals surface area contributed by atoms with Crippen molar-refractivity contribution in [3.63, 3.8) is 0 Å². The number of benzene rings is 1. The molecular weight excluding hydrogens is 178 g/mol. The second-order valence-electron chi connectivity index (χ2n) is 3.22. The van der Waals surface area contributed by atoms with Crippen molar-refractivity contribution in [2.75, 3.05) is 13.8 Å². The van der Waals surface area contributed by atoms with E-state index in [-0.39, 0.29) is 0 Å². The lowest BCUT2D eigenvalue weighted by atomic mass is 10.1. The molecule has 1 aromatic rings. The lowest BCUT2D eigenvalue weighted by Gasteiger charge is -2.12. The van der Waals surface area contributed by atoms with Crippen molar-refractivity contribution in [3.05, 3.63) is 35.9 Å². The average molecular weight is 195 g/mol. The van der Waals surface area contributed by atoms with Crippen LogP contribution in [0.15, 0.2) is 30.3 Å². The van der Waals surface area contributed by atoms with Crippen LogP contribution in [-0.2, 0) is 16.2 Å². The third-order valence-electron chi connectivity index (χ3n) is 1.99. The van der Waals surface area contributed by atoms with Gasteiger partial charge in [0.25, 0.3) is 0 Å². The van der Waals surface area contributed by atoms with Crippen LogP contribution in [0.5, 0.6) is 0 Å². The van der Waals surface area contributed by atoms with E-state index in [0.29, 0.717) is 12.8 Å². The van der Waals surface area contributed by atoms with Gasteiger partial charge in [-0.15, -0.1) is 0 Å². The fourth-order valence-electron chi connectivity index (χ4n) is 1.28. The van der Waals surface area contributed by atoms with Crippen molar-refractivity contribution in [2.24, 2.45) is 0 Å². The molecule has 3 nitrogen and oxygen atoms in total. The quantitative estimate of drug-likeness (QED) is 0.324. The van der Waals surface area contributed by atoms with Crippen LogP contribution in [0.4, 0.5) is 0 Å². The second kappa shape index (κ2) is 6.54. The smallest absolute Gasteiger partial charge is 0.133 e. The van der Waals surface area contributed by atoms with Crippen LogP contribution in [0.1, 0.15) is 12.5 Å². The molecule has 0 saturated heterocycles. The molecule has 1 N–H and O–H groups in total. The van der Waals surface area contributed by atoms with E-state index >= 15 is 0 Å². The van der Waals surface area contributed by atoms with Gasteiger partial charge >= 0.3 is 0 Å². The predicted molar refractivity (Wildman–Crippen MR) is 55.7 cm³/mol. The number of nitrogens with one attached hydrogen (secondary N) is 1. The SMILES string of the molecule is COOCNC(C)Cc1ccccc1. The first-order valence-electron chi connectivity index (χ1n) is 4.76. The fraction of sp³-hybridized carbons (Fsp3) is 0.455. The molecule has 1 atom stereocenters. The first-order chi connectivity index (χ1) is 6.83. The molecule has 0 spiro atoms. The first kappa shape index (κ1) is 11.2. The first-order valence-corrected chi connectivity index (χ1v) is 4.76. The zero-order chi connectivity index (χ0) is 10.2. The minimum absolute atomic E-state index is 0.382. The van der Waals surface area contributed by atoms with Crippen LogP contribution in [-0.4, -0.2) is 19.9 Å². The van der Waals surface area contributed by atoms with Crippen LogP contribution in [0.2, 0.25) is 0 Å². The van der Waals surface area contributed by atoms with Crippen molar-refractivity contribution in [1.29, 1.82) is 0 Å². The summed E-state index contributed by atoms with van der Waals surface area (Å²) in [4.78, 5) is 9.21. The Morgan fingerprint density at radius 3 is 2.64 bits per heavy atom.